The van der Waals surface area contributed by atoms with Crippen molar-refractivity contribution in [1.82, 2.24) is 9.55 Å². The van der Waals surface area contributed by atoms with Crippen LogP contribution < -0.4 is 11.2 Å². The van der Waals surface area contributed by atoms with E-state index >= 15 is 0 Å². The van der Waals surface area contributed by atoms with E-state index in [1.807, 2.05) is 0 Å². The van der Waals surface area contributed by atoms with E-state index in [0.717, 1.165) is 12.8 Å². The van der Waals surface area contributed by atoms with Crippen LogP contribution >= 0.6 is 0 Å². The van der Waals surface area contributed by atoms with Crippen molar-refractivity contribution in [3.63, 3.8) is 0 Å². The second-order valence-corrected chi connectivity index (χ2v) is 5.49. The Kier molecular flexibility index (Phi) is 3.48. The van der Waals surface area contributed by atoms with Crippen LogP contribution in [0.5, 0.6) is 0 Å². The molecule has 0 aromatic carbocycles. The van der Waals surface area contributed by atoms with E-state index in [-0.39, 0.29) is 12.5 Å². The quantitative estimate of drug-likeness (QED) is 0.615. The number of rotatable bonds is 4. The topological polar surface area (TPSA) is 114 Å². The second kappa shape index (κ2) is 5.06. The molecule has 8 nitrogen and oxygen atoms in total. The number of aromatic amines is 1. The molecule has 1 saturated heterocycles. The number of methoxy groups -OCH3 is 1. The Morgan fingerprint density at radius 3 is 2.76 bits per heavy atom. The minimum absolute atomic E-state index is 0.0164. The highest BCUT2D eigenvalue weighted by Gasteiger charge is 2.63. The number of aliphatic hydroxyl groups excluding tert-OH is 2. The third kappa shape index (κ3) is 2.06. The van der Waals surface area contributed by atoms with Crippen LogP contribution in [0.3, 0.4) is 0 Å². The van der Waals surface area contributed by atoms with Gasteiger partial charge in [0.2, 0.25) is 0 Å². The van der Waals surface area contributed by atoms with Crippen molar-refractivity contribution in [2.75, 3.05) is 13.7 Å². The van der Waals surface area contributed by atoms with Crippen LogP contribution in [0.15, 0.2) is 21.9 Å². The molecule has 8 heteroatoms. The summed E-state index contributed by atoms with van der Waals surface area (Å²) in [5, 5.41) is 19.6. The lowest BCUT2D eigenvalue weighted by Crippen LogP contribution is -2.53. The van der Waals surface area contributed by atoms with E-state index in [0.29, 0.717) is 0 Å². The normalized spacial score (nSPS) is 36.0. The summed E-state index contributed by atoms with van der Waals surface area (Å²) >= 11 is 0. The smallest absolute Gasteiger partial charge is 0.330 e. The summed E-state index contributed by atoms with van der Waals surface area (Å²) in [6.07, 6.45) is 0.282. The van der Waals surface area contributed by atoms with Gasteiger partial charge in [0.05, 0.1) is 6.61 Å². The van der Waals surface area contributed by atoms with Gasteiger partial charge in [-0.15, -0.1) is 0 Å². The van der Waals surface area contributed by atoms with Crippen LogP contribution in [0.4, 0.5) is 0 Å². The molecular weight excluding hydrogens is 280 g/mol. The Morgan fingerprint density at radius 1 is 1.52 bits per heavy atom. The first kappa shape index (κ1) is 14.5. The molecule has 0 amide bonds. The fourth-order valence-corrected chi connectivity index (χ4v) is 3.18. The molecule has 2 aliphatic rings. The summed E-state index contributed by atoms with van der Waals surface area (Å²) in [6, 6.07) is 1.22. The Bertz CT molecular complexity index is 636. The standard InChI is InChI=1S/C13H18N2O6/c1-20-11-10(18)8(6-16)21-13(11,7-2-3-7)15-5-4-9(17)14-12(15)19/h4-5,7-8,10-11,16,18H,2-3,6H2,1H3,(H,14,17,19)/t8-,10-,11-,13-/m1/s1. The van der Waals surface area contributed by atoms with Crippen molar-refractivity contribution < 1.29 is 19.7 Å². The SMILES string of the molecule is CO[C@@H]1[C@H](O)[C@@H](CO)O[C@@]1(C1CC1)n1ccc(=O)[nH]c1=O. The number of aliphatic hydroxyl groups is 2. The predicted octanol–water partition coefficient (Wildman–Crippen LogP) is -1.63. The van der Waals surface area contributed by atoms with Crippen molar-refractivity contribution >= 4 is 0 Å². The van der Waals surface area contributed by atoms with E-state index in [9.17, 15) is 19.8 Å². The molecule has 1 saturated carbocycles. The molecule has 21 heavy (non-hydrogen) atoms. The van der Waals surface area contributed by atoms with Crippen molar-refractivity contribution in [2.24, 2.45) is 5.92 Å². The largest absolute Gasteiger partial charge is 0.394 e. The molecule has 3 rings (SSSR count). The van der Waals surface area contributed by atoms with Crippen molar-refractivity contribution in [3.05, 3.63) is 33.1 Å². The summed E-state index contributed by atoms with van der Waals surface area (Å²) in [5.41, 5.74) is -2.33. The summed E-state index contributed by atoms with van der Waals surface area (Å²) in [6.45, 7) is -0.381. The van der Waals surface area contributed by atoms with E-state index in [4.69, 9.17) is 9.47 Å². The maximum absolute atomic E-state index is 12.2. The lowest BCUT2D eigenvalue weighted by molar-refractivity contribution is -0.172. The fraction of sp³-hybridized carbons (Fsp3) is 0.692. The molecule has 1 aliphatic carbocycles. The monoisotopic (exact) mass is 298 g/mol. The molecule has 0 bridgehead atoms. The molecule has 4 atom stereocenters. The first-order chi connectivity index (χ1) is 10.0. The average molecular weight is 298 g/mol. The van der Waals surface area contributed by atoms with Crippen LogP contribution in [0.1, 0.15) is 12.8 Å². The third-order valence-electron chi connectivity index (χ3n) is 4.24. The molecule has 0 radical (unpaired) electrons. The zero-order chi connectivity index (χ0) is 15.2. The molecule has 3 N–H and O–H groups in total. The van der Waals surface area contributed by atoms with Gasteiger partial charge >= 0.3 is 5.69 Å². The molecule has 1 aliphatic heterocycles. The number of aromatic nitrogens is 2. The Labute approximate surface area is 119 Å². The second-order valence-electron chi connectivity index (χ2n) is 5.49. The summed E-state index contributed by atoms with van der Waals surface area (Å²) in [4.78, 5) is 25.6. The molecule has 1 aromatic heterocycles. The number of nitrogens with one attached hydrogen (secondary N) is 1. The maximum Gasteiger partial charge on any atom is 0.330 e. The molecular formula is C13H18N2O6. The number of H-pyrrole nitrogens is 1. The fourth-order valence-electron chi connectivity index (χ4n) is 3.18. The van der Waals surface area contributed by atoms with Crippen molar-refractivity contribution in [1.29, 1.82) is 0 Å². The van der Waals surface area contributed by atoms with Crippen LogP contribution in [0.2, 0.25) is 0 Å². The average Bonchev–Trinajstić information content (AvgIpc) is 3.25. The maximum atomic E-state index is 12.2. The van der Waals surface area contributed by atoms with Gasteiger partial charge in [-0.25, -0.2) is 4.79 Å². The van der Waals surface area contributed by atoms with E-state index in [1.54, 1.807) is 0 Å². The predicted molar refractivity (Wildman–Crippen MR) is 70.8 cm³/mol. The van der Waals surface area contributed by atoms with Gasteiger partial charge in [-0.3, -0.25) is 14.3 Å². The Balaban J connectivity index is 2.16. The molecule has 1 aromatic rings. The van der Waals surface area contributed by atoms with Gasteiger partial charge in [0, 0.05) is 25.3 Å². The van der Waals surface area contributed by atoms with Crippen LogP contribution in [-0.4, -0.2) is 51.8 Å². The highest BCUT2D eigenvalue weighted by atomic mass is 16.6. The minimum atomic E-state index is -1.21. The molecule has 2 heterocycles. The lowest BCUT2D eigenvalue weighted by Gasteiger charge is -2.35. The minimum Gasteiger partial charge on any atom is -0.394 e. The van der Waals surface area contributed by atoms with Crippen molar-refractivity contribution in [2.45, 2.75) is 36.9 Å². The van der Waals surface area contributed by atoms with E-state index in [1.165, 1.54) is 23.9 Å². The highest BCUT2D eigenvalue weighted by Crippen LogP contribution is 2.52. The van der Waals surface area contributed by atoms with Gasteiger partial charge in [0.25, 0.3) is 5.56 Å². The van der Waals surface area contributed by atoms with Crippen molar-refractivity contribution in [3.8, 4) is 0 Å². The van der Waals surface area contributed by atoms with Gasteiger partial charge in [0.15, 0.2) is 5.72 Å². The molecule has 0 spiro atoms. The van der Waals surface area contributed by atoms with Gasteiger partial charge in [-0.1, -0.05) is 0 Å². The number of nitrogens with zero attached hydrogens (tertiary/aromatic N) is 1. The van der Waals surface area contributed by atoms with Crippen LogP contribution in [0, 0.1) is 5.92 Å². The van der Waals surface area contributed by atoms with Gasteiger partial charge in [-0.05, 0) is 12.8 Å². The number of ether oxygens (including phenoxy) is 2. The van der Waals surface area contributed by atoms with E-state index in [2.05, 4.69) is 4.98 Å². The van der Waals surface area contributed by atoms with Gasteiger partial charge in [-0.2, -0.15) is 0 Å². The lowest BCUT2D eigenvalue weighted by atomic mass is 9.97. The highest BCUT2D eigenvalue weighted by molar-refractivity contribution is 5.08. The molecule has 2 fully saturated rings. The van der Waals surface area contributed by atoms with Crippen LogP contribution in [-0.2, 0) is 15.2 Å². The zero-order valence-corrected chi connectivity index (χ0v) is 11.6. The number of hydrogen-bond donors (Lipinski definition) is 3. The summed E-state index contributed by atoms with van der Waals surface area (Å²) in [5.74, 6) is -0.0164. The molecule has 0 unspecified atom stereocenters. The summed E-state index contributed by atoms with van der Waals surface area (Å²) < 4.78 is 12.5. The summed E-state index contributed by atoms with van der Waals surface area (Å²) in [7, 11) is 1.42. The third-order valence-corrected chi connectivity index (χ3v) is 4.24. The van der Waals surface area contributed by atoms with Gasteiger partial charge < -0.3 is 19.7 Å². The number of hydrogen-bond acceptors (Lipinski definition) is 6. The zero-order valence-electron chi connectivity index (χ0n) is 11.6. The Hall–Kier alpha value is -1.48. The first-order valence-electron chi connectivity index (χ1n) is 6.86. The first-order valence-corrected chi connectivity index (χ1v) is 6.86. The van der Waals surface area contributed by atoms with E-state index < -0.39 is 35.3 Å². The van der Waals surface area contributed by atoms with Crippen LogP contribution in [0.25, 0.3) is 0 Å². The van der Waals surface area contributed by atoms with Gasteiger partial charge in [0.1, 0.15) is 18.3 Å². The Morgan fingerprint density at radius 2 is 2.24 bits per heavy atom. The molecule has 116 valence electrons.